The van der Waals surface area contributed by atoms with Gasteiger partial charge in [0.05, 0.1) is 11.8 Å². The Morgan fingerprint density at radius 1 is 1.04 bits per heavy atom. The van der Waals surface area contributed by atoms with Crippen LogP contribution in [0.15, 0.2) is 27.4 Å². The maximum absolute atomic E-state index is 12.8. The van der Waals surface area contributed by atoms with Crippen molar-refractivity contribution in [2.75, 3.05) is 0 Å². The molecule has 0 unspecified atom stereocenters. The van der Waals surface area contributed by atoms with Crippen LogP contribution >= 0.6 is 0 Å². The number of hydrogen-bond donors (Lipinski definition) is 3. The SMILES string of the molecule is CC1(C)CC(=O)Oc2cc(O)c3c(=O)c4ccc(O)c(O)c4oc3c21. The van der Waals surface area contributed by atoms with Gasteiger partial charge in [0.1, 0.15) is 22.5 Å². The number of ether oxygens (including phenoxy) is 1. The fourth-order valence-corrected chi connectivity index (χ4v) is 3.35. The van der Waals surface area contributed by atoms with Crippen LogP contribution in [0.2, 0.25) is 0 Å². The Kier molecular flexibility index (Phi) is 2.85. The highest BCUT2D eigenvalue weighted by molar-refractivity contribution is 5.99. The van der Waals surface area contributed by atoms with E-state index in [1.165, 1.54) is 18.2 Å². The number of rotatable bonds is 0. The topological polar surface area (TPSA) is 117 Å². The molecule has 1 aromatic heterocycles. The molecule has 25 heavy (non-hydrogen) atoms. The zero-order valence-corrected chi connectivity index (χ0v) is 13.4. The highest BCUT2D eigenvalue weighted by Crippen LogP contribution is 2.47. The number of phenols is 3. The van der Waals surface area contributed by atoms with Crippen molar-refractivity contribution < 1.29 is 29.3 Å². The first kappa shape index (κ1) is 15.3. The van der Waals surface area contributed by atoms with Crippen molar-refractivity contribution in [3.8, 4) is 23.0 Å². The Bertz CT molecular complexity index is 1140. The zero-order chi connectivity index (χ0) is 18.1. The summed E-state index contributed by atoms with van der Waals surface area (Å²) in [7, 11) is 0. The van der Waals surface area contributed by atoms with Crippen molar-refractivity contribution >= 4 is 27.9 Å². The molecule has 0 amide bonds. The molecule has 0 aliphatic carbocycles. The van der Waals surface area contributed by atoms with Gasteiger partial charge in [-0.15, -0.1) is 0 Å². The molecule has 1 aliphatic heterocycles. The second-order valence-electron chi connectivity index (χ2n) is 6.75. The molecule has 3 N–H and O–H groups in total. The Morgan fingerprint density at radius 3 is 2.48 bits per heavy atom. The lowest BCUT2D eigenvalue weighted by atomic mass is 9.78. The number of aromatic hydroxyl groups is 3. The van der Waals surface area contributed by atoms with E-state index in [1.54, 1.807) is 13.8 Å². The van der Waals surface area contributed by atoms with E-state index >= 15 is 0 Å². The summed E-state index contributed by atoms with van der Waals surface area (Å²) in [6, 6.07) is 3.70. The van der Waals surface area contributed by atoms with E-state index in [2.05, 4.69) is 0 Å². The highest BCUT2D eigenvalue weighted by atomic mass is 16.5. The lowest BCUT2D eigenvalue weighted by molar-refractivity contribution is -0.136. The Morgan fingerprint density at radius 2 is 1.76 bits per heavy atom. The van der Waals surface area contributed by atoms with Gasteiger partial charge in [0.2, 0.25) is 11.2 Å². The van der Waals surface area contributed by atoms with Crippen LogP contribution in [-0.4, -0.2) is 21.3 Å². The Labute approximate surface area is 140 Å². The summed E-state index contributed by atoms with van der Waals surface area (Å²) in [5.74, 6) is -1.75. The molecule has 0 bridgehead atoms. The summed E-state index contributed by atoms with van der Waals surface area (Å²) in [6.45, 7) is 3.57. The van der Waals surface area contributed by atoms with E-state index in [-0.39, 0.29) is 39.9 Å². The van der Waals surface area contributed by atoms with Crippen LogP contribution in [0, 0.1) is 0 Å². The molecule has 0 saturated heterocycles. The molecule has 128 valence electrons. The summed E-state index contributed by atoms with van der Waals surface area (Å²) in [4.78, 5) is 24.6. The molecule has 0 fully saturated rings. The van der Waals surface area contributed by atoms with Gasteiger partial charge in [0, 0.05) is 17.0 Å². The third-order valence-corrected chi connectivity index (χ3v) is 4.50. The monoisotopic (exact) mass is 342 g/mol. The lowest BCUT2D eigenvalue weighted by Crippen LogP contribution is -2.31. The van der Waals surface area contributed by atoms with Gasteiger partial charge in [0.15, 0.2) is 11.3 Å². The molecule has 7 heteroatoms. The van der Waals surface area contributed by atoms with Crippen LogP contribution in [0.1, 0.15) is 25.8 Å². The van der Waals surface area contributed by atoms with E-state index in [0.717, 1.165) is 0 Å². The molecule has 1 aliphatic rings. The first-order chi connectivity index (χ1) is 11.7. The van der Waals surface area contributed by atoms with Crippen molar-refractivity contribution in [2.24, 2.45) is 0 Å². The first-order valence-electron chi connectivity index (χ1n) is 7.59. The van der Waals surface area contributed by atoms with E-state index < -0.39 is 28.3 Å². The summed E-state index contributed by atoms with van der Waals surface area (Å²) in [5.41, 5.74) is -1.00. The first-order valence-corrected chi connectivity index (χ1v) is 7.59. The quantitative estimate of drug-likeness (QED) is 0.249. The fraction of sp³-hybridized carbons (Fsp3) is 0.222. The molecule has 2 aromatic carbocycles. The Balaban J connectivity index is 2.28. The number of phenolic OH excluding ortho intramolecular Hbond substituents is 3. The fourth-order valence-electron chi connectivity index (χ4n) is 3.35. The molecular weight excluding hydrogens is 328 g/mol. The third-order valence-electron chi connectivity index (χ3n) is 4.50. The number of esters is 1. The van der Waals surface area contributed by atoms with Crippen molar-refractivity contribution in [3.63, 3.8) is 0 Å². The molecule has 4 rings (SSSR count). The number of benzene rings is 2. The normalized spacial score (nSPS) is 16.0. The smallest absolute Gasteiger partial charge is 0.312 e. The van der Waals surface area contributed by atoms with Crippen molar-refractivity contribution in [2.45, 2.75) is 25.7 Å². The number of carbonyl (C=O) groups excluding carboxylic acids is 1. The summed E-state index contributed by atoms with van der Waals surface area (Å²) in [5, 5.41) is 30.0. The van der Waals surface area contributed by atoms with Crippen LogP contribution in [0.25, 0.3) is 21.9 Å². The maximum atomic E-state index is 12.8. The number of fused-ring (bicyclic) bond motifs is 4. The summed E-state index contributed by atoms with van der Waals surface area (Å²) in [6.07, 6.45) is 0.0631. The summed E-state index contributed by atoms with van der Waals surface area (Å²) >= 11 is 0. The number of hydrogen-bond acceptors (Lipinski definition) is 7. The van der Waals surface area contributed by atoms with Gasteiger partial charge in [-0.3, -0.25) is 9.59 Å². The van der Waals surface area contributed by atoms with Crippen LogP contribution in [-0.2, 0) is 10.2 Å². The van der Waals surface area contributed by atoms with Crippen LogP contribution in [0.3, 0.4) is 0 Å². The van der Waals surface area contributed by atoms with Gasteiger partial charge in [-0.1, -0.05) is 13.8 Å². The van der Waals surface area contributed by atoms with E-state index in [9.17, 15) is 24.9 Å². The average molecular weight is 342 g/mol. The minimum absolute atomic E-state index is 0.0173. The van der Waals surface area contributed by atoms with Crippen LogP contribution in [0.4, 0.5) is 0 Å². The van der Waals surface area contributed by atoms with Gasteiger partial charge < -0.3 is 24.5 Å². The second kappa shape index (κ2) is 4.66. The molecule has 0 spiro atoms. The van der Waals surface area contributed by atoms with E-state index in [1.807, 2.05) is 0 Å². The molecule has 2 heterocycles. The van der Waals surface area contributed by atoms with Crippen molar-refractivity contribution in [1.29, 1.82) is 0 Å². The summed E-state index contributed by atoms with van der Waals surface area (Å²) < 4.78 is 10.9. The minimum Gasteiger partial charge on any atom is -0.507 e. The van der Waals surface area contributed by atoms with E-state index in [0.29, 0.717) is 5.56 Å². The molecule has 7 nitrogen and oxygen atoms in total. The van der Waals surface area contributed by atoms with Gasteiger partial charge in [-0.2, -0.15) is 0 Å². The predicted molar refractivity (Wildman–Crippen MR) is 88.3 cm³/mol. The molecule has 0 saturated carbocycles. The third kappa shape index (κ3) is 1.98. The van der Waals surface area contributed by atoms with E-state index in [4.69, 9.17) is 9.15 Å². The van der Waals surface area contributed by atoms with Gasteiger partial charge in [0.25, 0.3) is 0 Å². The van der Waals surface area contributed by atoms with Gasteiger partial charge in [-0.25, -0.2) is 0 Å². The highest BCUT2D eigenvalue weighted by Gasteiger charge is 2.38. The van der Waals surface area contributed by atoms with Gasteiger partial charge >= 0.3 is 5.97 Å². The molecule has 0 radical (unpaired) electrons. The second-order valence-corrected chi connectivity index (χ2v) is 6.75. The van der Waals surface area contributed by atoms with Crippen molar-refractivity contribution in [1.82, 2.24) is 0 Å². The van der Waals surface area contributed by atoms with Gasteiger partial charge in [-0.05, 0) is 12.1 Å². The molecular formula is C18H14O7. The average Bonchev–Trinajstić information content (AvgIpc) is 2.49. The van der Waals surface area contributed by atoms with Crippen LogP contribution in [0.5, 0.6) is 23.0 Å². The predicted octanol–water partition coefficient (Wildman–Crippen LogP) is 2.65. The minimum atomic E-state index is -0.716. The molecule has 3 aromatic rings. The molecule has 0 atom stereocenters. The van der Waals surface area contributed by atoms with Crippen LogP contribution < -0.4 is 10.2 Å². The number of carbonyl (C=O) groups is 1. The standard InChI is InChI=1S/C18H14O7/c1-18(2)6-11(21)24-10-5-9(20)12-14(22)7-3-4-8(19)15(23)16(7)25-17(12)13(10)18/h3-5,19-20,23H,6H2,1-2H3. The largest absolute Gasteiger partial charge is 0.507 e. The maximum Gasteiger partial charge on any atom is 0.312 e. The lowest BCUT2D eigenvalue weighted by Gasteiger charge is -2.31. The Hall–Kier alpha value is -3.22. The van der Waals surface area contributed by atoms with Crippen molar-refractivity contribution in [3.05, 3.63) is 34.0 Å². The zero-order valence-electron chi connectivity index (χ0n) is 13.4.